The average molecular weight is 260 g/mol. The van der Waals surface area contributed by atoms with E-state index < -0.39 is 0 Å². The molecule has 1 saturated heterocycles. The van der Waals surface area contributed by atoms with Gasteiger partial charge < -0.3 is 10.2 Å². The van der Waals surface area contributed by atoms with Gasteiger partial charge in [0.15, 0.2) is 5.82 Å². The second-order valence-electron chi connectivity index (χ2n) is 5.15. The van der Waals surface area contributed by atoms with Gasteiger partial charge in [-0.25, -0.2) is 4.98 Å². The Morgan fingerprint density at radius 3 is 3.16 bits per heavy atom. The van der Waals surface area contributed by atoms with Gasteiger partial charge in [0.2, 0.25) is 5.65 Å². The van der Waals surface area contributed by atoms with Crippen LogP contribution in [0.15, 0.2) is 18.7 Å². The minimum absolute atomic E-state index is 0.435. The van der Waals surface area contributed by atoms with Crippen LogP contribution in [0.25, 0.3) is 5.65 Å². The van der Waals surface area contributed by atoms with Crippen LogP contribution in [0.5, 0.6) is 0 Å². The van der Waals surface area contributed by atoms with E-state index in [2.05, 4.69) is 32.3 Å². The van der Waals surface area contributed by atoms with Crippen LogP contribution in [0.2, 0.25) is 0 Å². The summed E-state index contributed by atoms with van der Waals surface area (Å²) in [6.45, 7) is 3.27. The van der Waals surface area contributed by atoms with E-state index in [1.165, 1.54) is 19.3 Å². The molecule has 0 aliphatic carbocycles. The van der Waals surface area contributed by atoms with E-state index in [0.29, 0.717) is 12.1 Å². The molecule has 3 heterocycles. The number of anilines is 1. The number of nitrogens with zero attached hydrogens (tertiary/aromatic N) is 5. The third-order valence-corrected chi connectivity index (χ3v) is 4.05. The molecule has 0 bridgehead atoms. The highest BCUT2D eigenvalue weighted by atomic mass is 15.3. The smallest absolute Gasteiger partial charge is 0.203 e. The monoisotopic (exact) mass is 260 g/mol. The third kappa shape index (κ3) is 2.16. The largest absolute Gasteiger partial charge is 0.349 e. The molecule has 19 heavy (non-hydrogen) atoms. The molecule has 1 N–H and O–H groups in total. The number of piperidine rings is 1. The standard InChI is InChI=1S/C13H20N6/c1-10(14-2)11-5-3-4-7-19(11)12-13-17-16-9-18(13)8-6-15-12/h6,8-11,14H,3-5,7H2,1-2H3. The van der Waals surface area contributed by atoms with Gasteiger partial charge in [0.25, 0.3) is 0 Å². The highest BCUT2D eigenvalue weighted by molar-refractivity contribution is 5.64. The summed E-state index contributed by atoms with van der Waals surface area (Å²) in [5.41, 5.74) is 0.845. The number of likely N-dealkylation sites (N-methyl/N-ethyl adjacent to an activating group) is 1. The van der Waals surface area contributed by atoms with Gasteiger partial charge in [-0.2, -0.15) is 0 Å². The van der Waals surface area contributed by atoms with Crippen molar-refractivity contribution in [3.63, 3.8) is 0 Å². The normalized spacial score (nSPS) is 21.8. The molecule has 0 aromatic carbocycles. The fourth-order valence-corrected chi connectivity index (χ4v) is 2.88. The van der Waals surface area contributed by atoms with Crippen LogP contribution >= 0.6 is 0 Å². The molecule has 0 amide bonds. The molecule has 1 aliphatic heterocycles. The molecule has 0 radical (unpaired) electrons. The van der Waals surface area contributed by atoms with Crippen LogP contribution in [0.4, 0.5) is 5.82 Å². The lowest BCUT2D eigenvalue weighted by molar-refractivity contribution is 0.380. The fraction of sp³-hybridized carbons (Fsp3) is 0.615. The molecule has 102 valence electrons. The lowest BCUT2D eigenvalue weighted by atomic mass is 9.96. The number of fused-ring (bicyclic) bond motifs is 1. The van der Waals surface area contributed by atoms with E-state index in [9.17, 15) is 0 Å². The maximum Gasteiger partial charge on any atom is 0.203 e. The van der Waals surface area contributed by atoms with Crippen molar-refractivity contribution >= 4 is 11.5 Å². The van der Waals surface area contributed by atoms with E-state index in [4.69, 9.17) is 0 Å². The van der Waals surface area contributed by atoms with Crippen LogP contribution in [-0.4, -0.2) is 45.3 Å². The SMILES string of the molecule is CNC(C)C1CCCCN1c1nccn2cnnc12. The lowest BCUT2D eigenvalue weighted by Crippen LogP contribution is -2.50. The molecule has 0 spiro atoms. The summed E-state index contributed by atoms with van der Waals surface area (Å²) in [5, 5.41) is 11.5. The van der Waals surface area contributed by atoms with Crippen LogP contribution in [0, 0.1) is 0 Å². The molecular formula is C13H20N6. The first kappa shape index (κ1) is 12.3. The van der Waals surface area contributed by atoms with Crippen LogP contribution < -0.4 is 10.2 Å². The van der Waals surface area contributed by atoms with Gasteiger partial charge in [0, 0.05) is 31.0 Å². The zero-order valence-corrected chi connectivity index (χ0v) is 11.5. The Labute approximate surface area is 112 Å². The Morgan fingerprint density at radius 1 is 1.42 bits per heavy atom. The number of rotatable bonds is 3. The zero-order valence-electron chi connectivity index (χ0n) is 11.5. The number of hydrogen-bond donors (Lipinski definition) is 1. The highest BCUT2D eigenvalue weighted by Crippen LogP contribution is 2.27. The predicted octanol–water partition coefficient (Wildman–Crippen LogP) is 1.09. The summed E-state index contributed by atoms with van der Waals surface area (Å²) >= 11 is 0. The molecule has 6 heteroatoms. The van der Waals surface area contributed by atoms with Gasteiger partial charge in [-0.1, -0.05) is 0 Å². The summed E-state index contributed by atoms with van der Waals surface area (Å²) in [5.74, 6) is 0.951. The van der Waals surface area contributed by atoms with Gasteiger partial charge in [-0.05, 0) is 33.2 Å². The van der Waals surface area contributed by atoms with E-state index >= 15 is 0 Å². The number of aromatic nitrogens is 4. The van der Waals surface area contributed by atoms with Crippen LogP contribution in [0.3, 0.4) is 0 Å². The van der Waals surface area contributed by atoms with Crippen LogP contribution in [-0.2, 0) is 0 Å². The first-order valence-corrected chi connectivity index (χ1v) is 6.89. The summed E-state index contributed by atoms with van der Waals surface area (Å²) in [7, 11) is 2.02. The Bertz CT molecular complexity index is 551. The number of nitrogens with one attached hydrogen (secondary N) is 1. The Kier molecular flexibility index (Phi) is 3.33. The summed E-state index contributed by atoms with van der Waals surface area (Å²) in [4.78, 5) is 6.93. The summed E-state index contributed by atoms with van der Waals surface area (Å²) in [6, 6.07) is 0.902. The third-order valence-electron chi connectivity index (χ3n) is 4.05. The highest BCUT2D eigenvalue weighted by Gasteiger charge is 2.29. The molecule has 2 atom stereocenters. The molecule has 2 unspecified atom stereocenters. The minimum atomic E-state index is 0.435. The van der Waals surface area contributed by atoms with Crippen molar-refractivity contribution in [2.24, 2.45) is 0 Å². The second kappa shape index (κ2) is 5.13. The molecule has 1 fully saturated rings. The maximum absolute atomic E-state index is 4.54. The molecule has 2 aromatic rings. The van der Waals surface area contributed by atoms with Crippen LogP contribution in [0.1, 0.15) is 26.2 Å². The van der Waals surface area contributed by atoms with Gasteiger partial charge >= 0.3 is 0 Å². The topological polar surface area (TPSA) is 58.4 Å². The van der Waals surface area contributed by atoms with E-state index in [1.807, 2.05) is 23.8 Å². The lowest BCUT2D eigenvalue weighted by Gasteiger charge is -2.39. The average Bonchev–Trinajstić information content (AvgIpc) is 2.94. The van der Waals surface area contributed by atoms with Gasteiger partial charge in [0.05, 0.1) is 0 Å². The Hall–Kier alpha value is -1.69. The van der Waals surface area contributed by atoms with Gasteiger partial charge in [-0.15, -0.1) is 10.2 Å². The van der Waals surface area contributed by atoms with Gasteiger partial charge in [-0.3, -0.25) is 4.40 Å². The molecule has 6 nitrogen and oxygen atoms in total. The Balaban J connectivity index is 2.00. The fourth-order valence-electron chi connectivity index (χ4n) is 2.88. The quantitative estimate of drug-likeness (QED) is 0.895. The Morgan fingerprint density at radius 2 is 2.32 bits per heavy atom. The van der Waals surface area contributed by atoms with E-state index in [-0.39, 0.29) is 0 Å². The van der Waals surface area contributed by atoms with Gasteiger partial charge in [0.1, 0.15) is 6.33 Å². The van der Waals surface area contributed by atoms with Crippen molar-refractivity contribution in [3.05, 3.63) is 18.7 Å². The molecule has 1 aliphatic rings. The van der Waals surface area contributed by atoms with Crippen molar-refractivity contribution in [1.29, 1.82) is 0 Å². The predicted molar refractivity (Wildman–Crippen MR) is 74.3 cm³/mol. The molecular weight excluding hydrogens is 240 g/mol. The van der Waals surface area contributed by atoms with Crippen molar-refractivity contribution in [3.8, 4) is 0 Å². The first-order chi connectivity index (χ1) is 9.31. The molecule has 3 rings (SSSR count). The molecule has 2 aromatic heterocycles. The first-order valence-electron chi connectivity index (χ1n) is 6.89. The zero-order chi connectivity index (χ0) is 13.2. The summed E-state index contributed by atoms with van der Waals surface area (Å²) < 4.78 is 1.93. The van der Waals surface area contributed by atoms with Crippen molar-refractivity contribution < 1.29 is 0 Å². The molecule has 0 saturated carbocycles. The van der Waals surface area contributed by atoms with Crippen molar-refractivity contribution in [2.45, 2.75) is 38.3 Å². The van der Waals surface area contributed by atoms with Crippen molar-refractivity contribution in [2.75, 3.05) is 18.5 Å². The maximum atomic E-state index is 4.54. The van der Waals surface area contributed by atoms with Crippen molar-refractivity contribution in [1.82, 2.24) is 24.9 Å². The van der Waals surface area contributed by atoms with E-state index in [0.717, 1.165) is 18.0 Å². The van der Waals surface area contributed by atoms with E-state index in [1.54, 1.807) is 6.33 Å². The number of hydrogen-bond acceptors (Lipinski definition) is 5. The summed E-state index contributed by atoms with van der Waals surface area (Å²) in [6.07, 6.45) is 9.12. The minimum Gasteiger partial charge on any atom is -0.349 e. The second-order valence-corrected chi connectivity index (χ2v) is 5.15.